The van der Waals surface area contributed by atoms with Crippen LogP contribution in [0.15, 0.2) is 30.3 Å². The Morgan fingerprint density at radius 2 is 1.45 bits per heavy atom. The van der Waals surface area contributed by atoms with Crippen molar-refractivity contribution in [3.05, 3.63) is 35.9 Å². The molecule has 1 aromatic carbocycles. The van der Waals surface area contributed by atoms with E-state index in [1.807, 2.05) is 58.0 Å². The van der Waals surface area contributed by atoms with Crippen LogP contribution in [0.4, 0.5) is 0 Å². The predicted octanol–water partition coefficient (Wildman–Crippen LogP) is 0.912. The van der Waals surface area contributed by atoms with E-state index in [1.54, 1.807) is 13.8 Å². The lowest BCUT2D eigenvalue weighted by atomic mass is 9.88. The number of nitrogens with two attached hydrogens (primary N) is 3. The topological polar surface area (TPSA) is 309 Å². The zero-order valence-electron chi connectivity index (χ0n) is 38.6. The molecular formula is C46H73N7O11. The van der Waals surface area contributed by atoms with Gasteiger partial charge in [-0.3, -0.25) is 38.4 Å². The smallest absolute Gasteiger partial charge is 0.329 e. The van der Waals surface area contributed by atoms with Gasteiger partial charge in [-0.25, -0.2) is 4.79 Å². The van der Waals surface area contributed by atoms with Gasteiger partial charge in [0.1, 0.15) is 12.1 Å². The lowest BCUT2D eigenvalue weighted by Gasteiger charge is -2.28. The molecular weight excluding hydrogens is 827 g/mol. The summed E-state index contributed by atoms with van der Waals surface area (Å²) < 4.78 is 5.54. The molecule has 0 aromatic heterocycles. The monoisotopic (exact) mass is 900 g/mol. The van der Waals surface area contributed by atoms with Crippen LogP contribution in [-0.4, -0.2) is 107 Å². The Bertz CT molecular complexity index is 1760. The number of unbranched alkanes of at least 4 members (excludes halogenated alkanes) is 1. The molecule has 0 unspecified atom stereocenters. The molecule has 1 aliphatic heterocycles. The molecule has 0 bridgehead atoms. The molecule has 1 heterocycles. The van der Waals surface area contributed by atoms with Gasteiger partial charge < -0.3 is 48.3 Å². The van der Waals surface area contributed by atoms with E-state index in [0.29, 0.717) is 19.4 Å². The molecule has 1 aromatic rings. The van der Waals surface area contributed by atoms with Crippen molar-refractivity contribution in [1.29, 1.82) is 0 Å². The van der Waals surface area contributed by atoms with Crippen molar-refractivity contribution in [2.75, 3.05) is 13.2 Å². The quantitative estimate of drug-likeness (QED) is 0.0529. The van der Waals surface area contributed by atoms with E-state index in [1.165, 1.54) is 6.92 Å². The zero-order chi connectivity index (χ0) is 48.3. The number of cyclic esters (lactones) is 1. The molecule has 358 valence electrons. The maximum atomic E-state index is 14.0. The maximum absolute atomic E-state index is 14.0. The van der Waals surface area contributed by atoms with Crippen molar-refractivity contribution in [3.63, 3.8) is 0 Å². The maximum Gasteiger partial charge on any atom is 0.329 e. The molecule has 0 radical (unpaired) electrons. The van der Waals surface area contributed by atoms with Gasteiger partial charge in [-0.2, -0.15) is 0 Å². The summed E-state index contributed by atoms with van der Waals surface area (Å²) in [6.07, 6.45) is -1.71. The van der Waals surface area contributed by atoms with Crippen LogP contribution >= 0.6 is 0 Å². The number of rotatable bonds is 24. The van der Waals surface area contributed by atoms with Gasteiger partial charge in [0.2, 0.25) is 23.6 Å². The normalized spacial score (nSPS) is 21.9. The summed E-state index contributed by atoms with van der Waals surface area (Å²) >= 11 is 0. The number of carbonyl (C=O) groups excluding carboxylic acids is 9. The van der Waals surface area contributed by atoms with E-state index in [0.717, 1.165) is 5.56 Å². The van der Waals surface area contributed by atoms with E-state index in [2.05, 4.69) is 21.3 Å². The van der Waals surface area contributed by atoms with Crippen molar-refractivity contribution in [2.45, 2.75) is 149 Å². The Labute approximate surface area is 377 Å². The first kappa shape index (κ1) is 55.1. The second-order valence-corrected chi connectivity index (χ2v) is 18.3. The number of esters is 1. The molecule has 1 aliphatic rings. The van der Waals surface area contributed by atoms with E-state index in [-0.39, 0.29) is 62.7 Å². The van der Waals surface area contributed by atoms with Crippen LogP contribution < -0.4 is 38.5 Å². The fourth-order valence-electron chi connectivity index (χ4n) is 7.64. The summed E-state index contributed by atoms with van der Waals surface area (Å²) in [5.74, 6) is -11.3. The van der Waals surface area contributed by atoms with Crippen molar-refractivity contribution in [3.8, 4) is 0 Å². The molecule has 0 aliphatic carbocycles. The highest BCUT2D eigenvalue weighted by atomic mass is 16.6. The highest BCUT2D eigenvalue weighted by molar-refractivity contribution is 6.00. The van der Waals surface area contributed by atoms with Crippen LogP contribution in [0.3, 0.4) is 0 Å². The number of nitrogens with one attached hydrogen (secondary N) is 4. The number of ether oxygens (including phenoxy) is 1. The molecule has 11 N–H and O–H groups in total. The molecule has 2 rings (SSSR count). The Kier molecular flexibility index (Phi) is 23.5. The van der Waals surface area contributed by atoms with Gasteiger partial charge in [0.15, 0.2) is 23.5 Å². The largest absolute Gasteiger partial charge is 0.450 e. The third-order valence-corrected chi connectivity index (χ3v) is 11.1. The minimum atomic E-state index is -2.08. The number of hydrogen-bond donors (Lipinski definition) is 8. The summed E-state index contributed by atoms with van der Waals surface area (Å²) in [7, 11) is 0. The summed E-state index contributed by atoms with van der Waals surface area (Å²) in [5.41, 5.74) is 18.5. The van der Waals surface area contributed by atoms with Crippen molar-refractivity contribution < 1.29 is 53.0 Å². The van der Waals surface area contributed by atoms with Gasteiger partial charge in [-0.15, -0.1) is 0 Å². The van der Waals surface area contributed by atoms with Gasteiger partial charge in [0, 0.05) is 31.1 Å². The SMILES string of the molecule is CC(C)C[C@@H]1CC(=O)[C@@H](C)NC(=O)[C@@H](CC(=O)[C@H](CO)NC(=O)[C@@H](CCCCN)CC(=O)[C@@H](CC(C)C)NC(=O)[C@H](N)Cc2ccccc2)[C@H](C(N)=O)OC(=O)[C@@H](CC(C)C)NC1=O. The highest BCUT2D eigenvalue weighted by Crippen LogP contribution is 2.23. The first-order valence-corrected chi connectivity index (χ1v) is 22.5. The molecule has 64 heavy (non-hydrogen) atoms. The van der Waals surface area contributed by atoms with E-state index >= 15 is 0 Å². The van der Waals surface area contributed by atoms with Crippen LogP contribution in [0.1, 0.15) is 112 Å². The molecule has 18 heteroatoms. The summed E-state index contributed by atoms with van der Waals surface area (Å²) in [6, 6.07) is 3.00. The molecule has 0 saturated carbocycles. The lowest BCUT2D eigenvalue weighted by Crippen LogP contribution is -2.53. The Balaban J connectivity index is 2.42. The second kappa shape index (κ2) is 27.3. The number of primary amides is 1. The summed E-state index contributed by atoms with van der Waals surface area (Å²) in [4.78, 5) is 123. The highest BCUT2D eigenvalue weighted by Gasteiger charge is 2.42. The molecule has 18 nitrogen and oxygen atoms in total. The molecule has 9 atom stereocenters. The zero-order valence-corrected chi connectivity index (χ0v) is 38.6. The van der Waals surface area contributed by atoms with Crippen molar-refractivity contribution in [1.82, 2.24) is 21.3 Å². The van der Waals surface area contributed by atoms with Gasteiger partial charge in [-0.1, -0.05) is 78.3 Å². The van der Waals surface area contributed by atoms with Crippen LogP contribution in [-0.2, 0) is 54.3 Å². The number of aliphatic hydroxyl groups excluding tert-OH is 1. The number of amides is 5. The first-order chi connectivity index (χ1) is 30.1. The van der Waals surface area contributed by atoms with Crippen LogP contribution in [0.25, 0.3) is 0 Å². The number of Topliss-reactive ketones (excluding diaryl/α,β-unsaturated/α-hetero) is 3. The lowest BCUT2D eigenvalue weighted by molar-refractivity contribution is -0.164. The molecule has 0 spiro atoms. The van der Waals surface area contributed by atoms with Crippen LogP contribution in [0, 0.1) is 35.5 Å². The third kappa shape index (κ3) is 18.6. The Morgan fingerprint density at radius 1 is 0.828 bits per heavy atom. The summed E-state index contributed by atoms with van der Waals surface area (Å²) in [5, 5.41) is 20.8. The third-order valence-electron chi connectivity index (χ3n) is 11.1. The minimum absolute atomic E-state index is 0.0137. The molecule has 1 saturated heterocycles. The average Bonchev–Trinajstić information content (AvgIpc) is 3.22. The number of benzene rings is 1. The second-order valence-electron chi connectivity index (χ2n) is 18.3. The van der Waals surface area contributed by atoms with Gasteiger partial charge in [0.25, 0.3) is 5.91 Å². The fourth-order valence-corrected chi connectivity index (χ4v) is 7.64. The standard InChI is InChI=1S/C46H73N7O11/c1-25(2)17-31-22-37(55)28(7)50-44(61)32(40(41(49)58)64-46(63)35(19-27(5)6)52-43(31)60)23-39(57)36(24-54)53-42(59)30(15-11-12-16-47)21-38(56)34(18-26(3)4)51-45(62)33(48)20-29-13-9-8-10-14-29/h8-10,13-14,25-28,30-36,40,54H,11-12,15-24,47-48H2,1-7H3,(H2,49,58)(H,50,61)(H,51,62)(H,52,60)(H,53,59)/t28-,30+,31-,32+,33-,34-,35-,36+,40-/m1/s1. The predicted molar refractivity (Wildman–Crippen MR) is 238 cm³/mol. The van der Waals surface area contributed by atoms with E-state index in [9.17, 15) is 48.3 Å². The number of hydrogen-bond acceptors (Lipinski definition) is 13. The summed E-state index contributed by atoms with van der Waals surface area (Å²) in [6.45, 7) is 11.7. The average molecular weight is 900 g/mol. The van der Waals surface area contributed by atoms with E-state index < -0.39 is 120 Å². The number of aliphatic hydroxyl groups is 1. The number of carbonyl (C=O) groups is 9. The van der Waals surface area contributed by atoms with Crippen molar-refractivity contribution in [2.24, 2.45) is 52.7 Å². The first-order valence-electron chi connectivity index (χ1n) is 22.5. The Hall–Kier alpha value is -5.07. The molecule has 1 fully saturated rings. The van der Waals surface area contributed by atoms with Crippen LogP contribution in [0.2, 0.25) is 0 Å². The fraction of sp³-hybridized carbons (Fsp3) is 0.674. The minimum Gasteiger partial charge on any atom is -0.450 e. The van der Waals surface area contributed by atoms with Gasteiger partial charge in [0.05, 0.1) is 30.7 Å². The van der Waals surface area contributed by atoms with Crippen LogP contribution in [0.5, 0.6) is 0 Å². The number of ketones is 3. The van der Waals surface area contributed by atoms with Crippen molar-refractivity contribution >= 4 is 52.9 Å². The van der Waals surface area contributed by atoms with Gasteiger partial charge in [-0.05, 0) is 75.3 Å². The Morgan fingerprint density at radius 3 is 2.02 bits per heavy atom. The molecule has 5 amide bonds. The van der Waals surface area contributed by atoms with E-state index in [4.69, 9.17) is 21.9 Å². The van der Waals surface area contributed by atoms with Gasteiger partial charge >= 0.3 is 5.97 Å².